The lowest BCUT2D eigenvalue weighted by Crippen LogP contribution is -1.82. The Kier molecular flexibility index (Phi) is 3.84. The van der Waals surface area contributed by atoms with Gasteiger partial charge < -0.3 is 0 Å². The van der Waals surface area contributed by atoms with E-state index in [9.17, 15) is 0 Å². The van der Waals surface area contributed by atoms with Gasteiger partial charge in [-0.25, -0.2) is 4.98 Å². The molecule has 14 heavy (non-hydrogen) atoms. The minimum absolute atomic E-state index is 0.521. The molecule has 0 aliphatic carbocycles. The van der Waals surface area contributed by atoms with Crippen LogP contribution in [0.15, 0.2) is 24.5 Å². The van der Waals surface area contributed by atoms with Crippen LogP contribution < -0.4 is 0 Å². The number of hydrogen-bond acceptors (Lipinski definition) is 2. The Labute approximate surface area is 89.0 Å². The van der Waals surface area contributed by atoms with Gasteiger partial charge in [-0.05, 0) is 24.4 Å². The number of halogens is 1. The van der Waals surface area contributed by atoms with Crippen LogP contribution in [0.4, 0.5) is 0 Å². The largest absolute Gasteiger partial charge is 0.261 e. The standard InChI is InChI=1S/C9H7ClN2.C2H6/c1-6-2-7-3-9(10)12-5-8(7)4-11-6;1-2/h2-5H,1H3;1-2H3. The molecule has 0 spiro atoms. The van der Waals surface area contributed by atoms with Gasteiger partial charge in [0, 0.05) is 23.5 Å². The van der Waals surface area contributed by atoms with Crippen molar-refractivity contribution in [3.8, 4) is 0 Å². The molecule has 74 valence electrons. The molecular formula is C11H13ClN2. The minimum atomic E-state index is 0.521. The lowest BCUT2D eigenvalue weighted by Gasteiger charge is -1.97. The predicted octanol–water partition coefficient (Wildman–Crippen LogP) is 3.62. The molecule has 0 aliphatic heterocycles. The monoisotopic (exact) mass is 208 g/mol. The van der Waals surface area contributed by atoms with Crippen molar-refractivity contribution in [2.24, 2.45) is 0 Å². The molecule has 0 amide bonds. The van der Waals surface area contributed by atoms with Gasteiger partial charge >= 0.3 is 0 Å². The van der Waals surface area contributed by atoms with Crippen LogP contribution in [-0.4, -0.2) is 9.97 Å². The zero-order chi connectivity index (χ0) is 10.6. The minimum Gasteiger partial charge on any atom is -0.261 e. The molecule has 2 aromatic heterocycles. The average molecular weight is 209 g/mol. The quantitative estimate of drug-likeness (QED) is 0.618. The second kappa shape index (κ2) is 4.91. The van der Waals surface area contributed by atoms with Gasteiger partial charge in [0.15, 0.2) is 0 Å². The third-order valence-corrected chi connectivity index (χ3v) is 1.91. The molecule has 2 rings (SSSR count). The molecule has 0 N–H and O–H groups in total. The van der Waals surface area contributed by atoms with Crippen molar-refractivity contribution in [1.29, 1.82) is 0 Å². The Bertz CT molecular complexity index is 390. The van der Waals surface area contributed by atoms with Crippen LogP contribution in [-0.2, 0) is 0 Å². The van der Waals surface area contributed by atoms with Crippen molar-refractivity contribution in [2.75, 3.05) is 0 Å². The van der Waals surface area contributed by atoms with Crippen LogP contribution in [0.3, 0.4) is 0 Å². The highest BCUT2D eigenvalue weighted by atomic mass is 35.5. The highest BCUT2D eigenvalue weighted by molar-refractivity contribution is 6.30. The van der Waals surface area contributed by atoms with Crippen LogP contribution in [0.25, 0.3) is 10.8 Å². The van der Waals surface area contributed by atoms with E-state index in [4.69, 9.17) is 11.6 Å². The van der Waals surface area contributed by atoms with Crippen LogP contribution in [0.5, 0.6) is 0 Å². The summed E-state index contributed by atoms with van der Waals surface area (Å²) >= 11 is 5.74. The number of rotatable bonds is 0. The Hall–Kier alpha value is -1.15. The smallest absolute Gasteiger partial charge is 0.129 e. The van der Waals surface area contributed by atoms with Gasteiger partial charge in [-0.2, -0.15) is 0 Å². The molecular weight excluding hydrogens is 196 g/mol. The van der Waals surface area contributed by atoms with Crippen LogP contribution in [0.2, 0.25) is 5.15 Å². The molecule has 2 nitrogen and oxygen atoms in total. The highest BCUT2D eigenvalue weighted by Gasteiger charge is 1.95. The molecule has 0 radical (unpaired) electrons. The summed E-state index contributed by atoms with van der Waals surface area (Å²) in [5.41, 5.74) is 0.991. The molecule has 2 aromatic rings. The Balaban J connectivity index is 0.000000461. The average Bonchev–Trinajstić information content (AvgIpc) is 2.20. The van der Waals surface area contributed by atoms with Gasteiger partial charge in [-0.15, -0.1) is 0 Å². The lowest BCUT2D eigenvalue weighted by molar-refractivity contribution is 1.22. The highest BCUT2D eigenvalue weighted by Crippen LogP contribution is 2.16. The lowest BCUT2D eigenvalue weighted by atomic mass is 10.2. The first kappa shape index (κ1) is 10.9. The predicted molar refractivity (Wildman–Crippen MR) is 60.6 cm³/mol. The second-order valence-electron chi connectivity index (χ2n) is 2.68. The van der Waals surface area contributed by atoms with E-state index in [1.165, 1.54) is 0 Å². The van der Waals surface area contributed by atoms with E-state index in [-0.39, 0.29) is 0 Å². The zero-order valence-electron chi connectivity index (χ0n) is 8.58. The van der Waals surface area contributed by atoms with Crippen molar-refractivity contribution >= 4 is 22.4 Å². The van der Waals surface area contributed by atoms with E-state index in [0.29, 0.717) is 5.15 Å². The van der Waals surface area contributed by atoms with Crippen LogP contribution >= 0.6 is 11.6 Å². The Morgan fingerprint density at radius 1 is 1.00 bits per heavy atom. The van der Waals surface area contributed by atoms with Crippen molar-refractivity contribution in [1.82, 2.24) is 9.97 Å². The molecule has 0 saturated carbocycles. The molecule has 0 saturated heterocycles. The summed E-state index contributed by atoms with van der Waals surface area (Å²) in [4.78, 5) is 8.12. The number of fused-ring (bicyclic) bond motifs is 1. The van der Waals surface area contributed by atoms with E-state index in [2.05, 4.69) is 9.97 Å². The van der Waals surface area contributed by atoms with Gasteiger partial charge in [0.1, 0.15) is 5.15 Å². The fourth-order valence-electron chi connectivity index (χ4n) is 1.12. The third-order valence-electron chi connectivity index (χ3n) is 1.71. The van der Waals surface area contributed by atoms with Crippen molar-refractivity contribution in [3.05, 3.63) is 35.4 Å². The first-order chi connectivity index (χ1) is 6.75. The zero-order valence-corrected chi connectivity index (χ0v) is 9.34. The maximum absolute atomic E-state index is 5.74. The van der Waals surface area contributed by atoms with Gasteiger partial charge in [-0.3, -0.25) is 4.98 Å². The topological polar surface area (TPSA) is 25.8 Å². The molecule has 0 fully saturated rings. The molecule has 0 aliphatic rings. The number of hydrogen-bond donors (Lipinski definition) is 0. The fraction of sp³-hybridized carbons (Fsp3) is 0.273. The summed E-state index contributed by atoms with van der Waals surface area (Å²) in [7, 11) is 0. The number of aryl methyl sites for hydroxylation is 1. The van der Waals surface area contributed by atoms with E-state index in [1.807, 2.05) is 32.9 Å². The third kappa shape index (κ3) is 2.42. The Morgan fingerprint density at radius 3 is 2.36 bits per heavy atom. The number of aromatic nitrogens is 2. The molecule has 0 atom stereocenters. The van der Waals surface area contributed by atoms with Crippen molar-refractivity contribution in [3.63, 3.8) is 0 Å². The molecule has 3 heteroatoms. The van der Waals surface area contributed by atoms with Crippen LogP contribution in [0, 0.1) is 6.92 Å². The van der Waals surface area contributed by atoms with E-state index >= 15 is 0 Å². The Morgan fingerprint density at radius 2 is 1.64 bits per heavy atom. The summed E-state index contributed by atoms with van der Waals surface area (Å²) in [5.74, 6) is 0. The molecule has 0 aromatic carbocycles. The van der Waals surface area contributed by atoms with Gasteiger partial charge in [0.05, 0.1) is 0 Å². The summed E-state index contributed by atoms with van der Waals surface area (Å²) < 4.78 is 0. The van der Waals surface area contributed by atoms with Crippen molar-refractivity contribution in [2.45, 2.75) is 20.8 Å². The van der Waals surface area contributed by atoms with Gasteiger partial charge in [0.2, 0.25) is 0 Å². The molecule has 0 unspecified atom stereocenters. The first-order valence-corrected chi connectivity index (χ1v) is 5.01. The van der Waals surface area contributed by atoms with E-state index in [1.54, 1.807) is 12.4 Å². The second-order valence-corrected chi connectivity index (χ2v) is 3.07. The normalized spacial score (nSPS) is 9.43. The molecule has 0 bridgehead atoms. The summed E-state index contributed by atoms with van der Waals surface area (Å²) in [6.07, 6.45) is 3.53. The van der Waals surface area contributed by atoms with Crippen molar-refractivity contribution < 1.29 is 0 Å². The summed E-state index contributed by atoms with van der Waals surface area (Å²) in [6.45, 7) is 5.95. The van der Waals surface area contributed by atoms with Gasteiger partial charge in [-0.1, -0.05) is 25.4 Å². The number of nitrogens with zero attached hydrogens (tertiary/aromatic N) is 2. The van der Waals surface area contributed by atoms with E-state index in [0.717, 1.165) is 16.5 Å². The number of pyridine rings is 2. The SMILES string of the molecule is CC.Cc1cc2cc(Cl)ncc2cn1. The maximum Gasteiger partial charge on any atom is 0.129 e. The first-order valence-electron chi connectivity index (χ1n) is 4.63. The fourth-order valence-corrected chi connectivity index (χ4v) is 1.29. The van der Waals surface area contributed by atoms with Gasteiger partial charge in [0.25, 0.3) is 0 Å². The maximum atomic E-state index is 5.74. The summed E-state index contributed by atoms with van der Waals surface area (Å²) in [6, 6.07) is 3.83. The van der Waals surface area contributed by atoms with E-state index < -0.39 is 0 Å². The van der Waals surface area contributed by atoms with Crippen LogP contribution in [0.1, 0.15) is 19.5 Å². The summed E-state index contributed by atoms with van der Waals surface area (Å²) in [5, 5.41) is 2.63. The molecule has 2 heterocycles.